The standard InChI is InChI=1S/C15H26O2/c1-14(2)9-6-4-3-5-7-11-16-13-15-10-8-12-17-15/h8,10,12,14H,3-7,9,11,13H2,1-2H3. The van der Waals surface area contributed by atoms with Crippen molar-refractivity contribution < 1.29 is 9.15 Å². The van der Waals surface area contributed by atoms with Gasteiger partial charge in [0, 0.05) is 6.61 Å². The Labute approximate surface area is 105 Å². The summed E-state index contributed by atoms with van der Waals surface area (Å²) in [6.45, 7) is 6.05. The summed E-state index contributed by atoms with van der Waals surface area (Å²) in [5.41, 5.74) is 0. The number of rotatable bonds is 10. The van der Waals surface area contributed by atoms with Crippen LogP contribution in [0.5, 0.6) is 0 Å². The molecule has 0 saturated heterocycles. The van der Waals surface area contributed by atoms with E-state index < -0.39 is 0 Å². The van der Waals surface area contributed by atoms with Gasteiger partial charge in [-0.25, -0.2) is 0 Å². The van der Waals surface area contributed by atoms with Gasteiger partial charge in [-0.2, -0.15) is 0 Å². The normalized spacial score (nSPS) is 11.2. The van der Waals surface area contributed by atoms with Crippen LogP contribution in [0.2, 0.25) is 0 Å². The van der Waals surface area contributed by atoms with E-state index in [1.54, 1.807) is 6.26 Å². The zero-order valence-corrected chi connectivity index (χ0v) is 11.3. The SMILES string of the molecule is CC(C)CCCCCCCOCc1ccco1. The smallest absolute Gasteiger partial charge is 0.129 e. The van der Waals surface area contributed by atoms with Gasteiger partial charge < -0.3 is 9.15 Å². The first-order chi connectivity index (χ1) is 8.29. The van der Waals surface area contributed by atoms with Crippen LogP contribution in [-0.2, 0) is 11.3 Å². The lowest BCUT2D eigenvalue weighted by molar-refractivity contribution is 0.102. The highest BCUT2D eigenvalue weighted by atomic mass is 16.5. The lowest BCUT2D eigenvalue weighted by atomic mass is 10.0. The molecule has 1 heterocycles. The summed E-state index contributed by atoms with van der Waals surface area (Å²) in [7, 11) is 0. The zero-order chi connectivity index (χ0) is 12.3. The molecular weight excluding hydrogens is 212 g/mol. The van der Waals surface area contributed by atoms with Crippen LogP contribution in [0.3, 0.4) is 0 Å². The maximum atomic E-state index is 5.53. The summed E-state index contributed by atoms with van der Waals surface area (Å²) in [5, 5.41) is 0. The topological polar surface area (TPSA) is 22.4 Å². The highest BCUT2D eigenvalue weighted by molar-refractivity contribution is 4.95. The van der Waals surface area contributed by atoms with Crippen molar-refractivity contribution in [2.75, 3.05) is 6.61 Å². The molecule has 0 N–H and O–H groups in total. The van der Waals surface area contributed by atoms with E-state index in [9.17, 15) is 0 Å². The third-order valence-electron chi connectivity index (χ3n) is 2.89. The quantitative estimate of drug-likeness (QED) is 0.547. The van der Waals surface area contributed by atoms with E-state index in [-0.39, 0.29) is 0 Å². The minimum Gasteiger partial charge on any atom is -0.467 e. The second-order valence-electron chi connectivity index (χ2n) is 5.08. The summed E-state index contributed by atoms with van der Waals surface area (Å²) >= 11 is 0. The largest absolute Gasteiger partial charge is 0.467 e. The monoisotopic (exact) mass is 238 g/mol. The van der Waals surface area contributed by atoms with Gasteiger partial charge in [-0.15, -0.1) is 0 Å². The molecule has 0 atom stereocenters. The van der Waals surface area contributed by atoms with E-state index in [1.165, 1.54) is 38.5 Å². The molecule has 0 aromatic carbocycles. The van der Waals surface area contributed by atoms with E-state index in [0.717, 1.165) is 18.3 Å². The van der Waals surface area contributed by atoms with Gasteiger partial charge in [0.25, 0.3) is 0 Å². The molecular formula is C15H26O2. The molecule has 1 aromatic rings. The van der Waals surface area contributed by atoms with Crippen molar-refractivity contribution in [1.82, 2.24) is 0 Å². The van der Waals surface area contributed by atoms with Gasteiger partial charge in [0.2, 0.25) is 0 Å². The second kappa shape index (κ2) is 9.29. The Balaban J connectivity index is 1.79. The third-order valence-corrected chi connectivity index (χ3v) is 2.89. The van der Waals surface area contributed by atoms with Gasteiger partial charge in [0.05, 0.1) is 6.26 Å². The minimum absolute atomic E-state index is 0.611. The van der Waals surface area contributed by atoms with Crippen molar-refractivity contribution >= 4 is 0 Å². The number of hydrogen-bond donors (Lipinski definition) is 0. The van der Waals surface area contributed by atoms with Gasteiger partial charge in [0.1, 0.15) is 12.4 Å². The summed E-state index contributed by atoms with van der Waals surface area (Å²) in [6, 6.07) is 3.85. The van der Waals surface area contributed by atoms with E-state index in [4.69, 9.17) is 9.15 Å². The highest BCUT2D eigenvalue weighted by Crippen LogP contribution is 2.10. The van der Waals surface area contributed by atoms with Gasteiger partial charge >= 0.3 is 0 Å². The van der Waals surface area contributed by atoms with Gasteiger partial charge in [0.15, 0.2) is 0 Å². The molecule has 0 saturated carbocycles. The Morgan fingerprint density at radius 1 is 1.12 bits per heavy atom. The molecule has 0 fully saturated rings. The fourth-order valence-corrected chi connectivity index (χ4v) is 1.85. The van der Waals surface area contributed by atoms with Crippen molar-refractivity contribution in [1.29, 1.82) is 0 Å². The van der Waals surface area contributed by atoms with Crippen LogP contribution < -0.4 is 0 Å². The molecule has 0 unspecified atom stereocenters. The fourth-order valence-electron chi connectivity index (χ4n) is 1.85. The molecule has 0 spiro atoms. The Morgan fingerprint density at radius 2 is 1.88 bits per heavy atom. The molecule has 17 heavy (non-hydrogen) atoms. The molecule has 0 aliphatic carbocycles. The highest BCUT2D eigenvalue weighted by Gasteiger charge is 1.96. The first-order valence-corrected chi connectivity index (χ1v) is 6.89. The van der Waals surface area contributed by atoms with Crippen LogP contribution in [-0.4, -0.2) is 6.61 Å². The second-order valence-corrected chi connectivity index (χ2v) is 5.08. The van der Waals surface area contributed by atoms with Crippen molar-refractivity contribution in [3.8, 4) is 0 Å². The number of furan rings is 1. The fraction of sp³-hybridized carbons (Fsp3) is 0.733. The molecule has 2 heteroatoms. The van der Waals surface area contributed by atoms with Crippen LogP contribution in [0.15, 0.2) is 22.8 Å². The molecule has 0 bridgehead atoms. The van der Waals surface area contributed by atoms with Gasteiger partial charge in [-0.1, -0.05) is 46.0 Å². The molecule has 0 aliphatic heterocycles. The summed E-state index contributed by atoms with van der Waals surface area (Å²) in [5.74, 6) is 1.77. The molecule has 0 aliphatic rings. The van der Waals surface area contributed by atoms with E-state index >= 15 is 0 Å². The summed E-state index contributed by atoms with van der Waals surface area (Å²) < 4.78 is 10.7. The van der Waals surface area contributed by atoms with Gasteiger partial charge in [-0.3, -0.25) is 0 Å². The minimum atomic E-state index is 0.611. The van der Waals surface area contributed by atoms with E-state index in [2.05, 4.69) is 13.8 Å². The predicted octanol–water partition coefficient (Wildman–Crippen LogP) is 4.79. The Morgan fingerprint density at radius 3 is 2.59 bits per heavy atom. The van der Waals surface area contributed by atoms with Crippen LogP contribution in [0.25, 0.3) is 0 Å². The number of hydrogen-bond acceptors (Lipinski definition) is 2. The zero-order valence-electron chi connectivity index (χ0n) is 11.3. The van der Waals surface area contributed by atoms with Crippen LogP contribution in [0.4, 0.5) is 0 Å². The first-order valence-electron chi connectivity index (χ1n) is 6.89. The molecule has 1 rings (SSSR count). The van der Waals surface area contributed by atoms with Crippen LogP contribution in [0, 0.1) is 5.92 Å². The third kappa shape index (κ3) is 8.03. The lowest BCUT2D eigenvalue weighted by Gasteiger charge is -2.04. The van der Waals surface area contributed by atoms with Crippen LogP contribution >= 0.6 is 0 Å². The Bertz CT molecular complexity index is 252. The van der Waals surface area contributed by atoms with Crippen LogP contribution in [0.1, 0.15) is 58.1 Å². The van der Waals surface area contributed by atoms with Crippen molar-refractivity contribution in [3.63, 3.8) is 0 Å². The Kier molecular flexibility index (Phi) is 7.81. The van der Waals surface area contributed by atoms with E-state index in [1.807, 2.05) is 12.1 Å². The van der Waals surface area contributed by atoms with Crippen molar-refractivity contribution in [2.24, 2.45) is 5.92 Å². The maximum Gasteiger partial charge on any atom is 0.129 e. The average Bonchev–Trinajstić information content (AvgIpc) is 2.79. The average molecular weight is 238 g/mol. The molecule has 2 nitrogen and oxygen atoms in total. The molecule has 0 radical (unpaired) electrons. The first kappa shape index (κ1) is 14.3. The van der Waals surface area contributed by atoms with Crippen molar-refractivity contribution in [3.05, 3.63) is 24.2 Å². The Hall–Kier alpha value is -0.760. The van der Waals surface area contributed by atoms with E-state index in [0.29, 0.717) is 6.61 Å². The predicted molar refractivity (Wildman–Crippen MR) is 70.9 cm³/mol. The summed E-state index contributed by atoms with van der Waals surface area (Å²) in [4.78, 5) is 0. The number of ether oxygens (including phenoxy) is 1. The maximum absolute atomic E-state index is 5.53. The molecule has 0 amide bonds. The lowest BCUT2D eigenvalue weighted by Crippen LogP contribution is -1.94. The van der Waals surface area contributed by atoms with Crippen molar-refractivity contribution in [2.45, 2.75) is 59.0 Å². The molecule has 1 aromatic heterocycles. The van der Waals surface area contributed by atoms with Gasteiger partial charge in [-0.05, 0) is 24.5 Å². The summed E-state index contributed by atoms with van der Waals surface area (Å²) in [6.07, 6.45) is 9.61. The number of unbranched alkanes of at least 4 members (excludes halogenated alkanes) is 4. The molecule has 98 valence electrons.